The Bertz CT molecular complexity index is 663. The van der Waals surface area contributed by atoms with E-state index < -0.39 is 29.3 Å². The maximum atomic E-state index is 12.7. The van der Waals surface area contributed by atoms with Crippen molar-refractivity contribution in [3.05, 3.63) is 35.4 Å². The van der Waals surface area contributed by atoms with Crippen LogP contribution in [-0.2, 0) is 21.4 Å². The van der Waals surface area contributed by atoms with Gasteiger partial charge in [0, 0.05) is 5.54 Å². The number of rotatable bonds is 2. The van der Waals surface area contributed by atoms with Gasteiger partial charge in [-0.2, -0.15) is 0 Å². The summed E-state index contributed by atoms with van der Waals surface area (Å²) in [6.07, 6.45) is 0.287. The molecule has 1 saturated heterocycles. The molecule has 1 aliphatic rings. The Morgan fingerprint density at radius 2 is 1.50 bits per heavy atom. The van der Waals surface area contributed by atoms with Crippen LogP contribution in [0.2, 0.25) is 0 Å². The lowest BCUT2D eigenvalue weighted by Gasteiger charge is -2.38. The van der Waals surface area contributed by atoms with Crippen molar-refractivity contribution in [3.63, 3.8) is 0 Å². The molecule has 1 fully saturated rings. The smallest absolute Gasteiger partial charge is 0.277 e. The van der Waals surface area contributed by atoms with Gasteiger partial charge in [0.2, 0.25) is 11.8 Å². The van der Waals surface area contributed by atoms with Crippen LogP contribution in [0.15, 0.2) is 24.3 Å². The number of nitrogens with one attached hydrogen (secondary N) is 1. The van der Waals surface area contributed by atoms with Crippen LogP contribution < -0.4 is 5.32 Å². The van der Waals surface area contributed by atoms with E-state index in [1.54, 1.807) is 20.8 Å². The van der Waals surface area contributed by atoms with Crippen LogP contribution in [0.1, 0.15) is 52.7 Å². The summed E-state index contributed by atoms with van der Waals surface area (Å²) in [5.74, 6) is -1.83. The van der Waals surface area contributed by atoms with Gasteiger partial charge in [0.05, 0.1) is 0 Å². The molecule has 1 aliphatic heterocycles. The van der Waals surface area contributed by atoms with Crippen LogP contribution in [0.25, 0.3) is 0 Å². The summed E-state index contributed by atoms with van der Waals surface area (Å²) in [5.41, 5.74) is 1.47. The molecule has 130 valence electrons. The number of hydrogen-bond donors (Lipinski definition) is 1. The van der Waals surface area contributed by atoms with E-state index in [0.717, 1.165) is 10.5 Å². The van der Waals surface area contributed by atoms with Crippen molar-refractivity contribution in [1.29, 1.82) is 0 Å². The maximum Gasteiger partial charge on any atom is 0.331 e. The Morgan fingerprint density at radius 1 is 0.958 bits per heavy atom. The lowest BCUT2D eigenvalue weighted by Crippen LogP contribution is -2.63. The summed E-state index contributed by atoms with van der Waals surface area (Å²) in [6.45, 7) is 11.7. The minimum absolute atomic E-state index is 0.0476. The number of barbiturate groups is 1. The largest absolute Gasteiger partial charge is 0.331 e. The molecule has 1 atom stereocenters. The van der Waals surface area contributed by atoms with Gasteiger partial charge in [0.15, 0.2) is 0 Å². The Kier molecular flexibility index (Phi) is 4.57. The number of carbonyl (C=O) groups excluding carboxylic acids is 3. The van der Waals surface area contributed by atoms with Crippen molar-refractivity contribution in [3.8, 4) is 0 Å². The minimum atomic E-state index is -0.873. The molecule has 0 aliphatic carbocycles. The molecule has 1 unspecified atom stereocenters. The highest BCUT2D eigenvalue weighted by molar-refractivity contribution is 6.16. The van der Waals surface area contributed by atoms with Crippen molar-refractivity contribution in [2.45, 2.75) is 58.9 Å². The average molecular weight is 330 g/mol. The maximum absolute atomic E-state index is 12.7. The molecule has 1 aromatic carbocycles. The molecule has 5 nitrogen and oxygen atoms in total. The zero-order chi connectivity index (χ0) is 18.3. The third-order valence-electron chi connectivity index (χ3n) is 4.20. The Balaban J connectivity index is 2.23. The molecule has 0 spiro atoms. The molecule has 1 aromatic rings. The van der Waals surface area contributed by atoms with E-state index in [2.05, 4.69) is 26.1 Å². The van der Waals surface area contributed by atoms with Crippen LogP contribution in [0.5, 0.6) is 0 Å². The van der Waals surface area contributed by atoms with Gasteiger partial charge >= 0.3 is 6.03 Å². The van der Waals surface area contributed by atoms with E-state index in [-0.39, 0.29) is 11.8 Å². The highest BCUT2D eigenvalue weighted by Crippen LogP contribution is 2.25. The van der Waals surface area contributed by atoms with E-state index in [0.29, 0.717) is 0 Å². The van der Waals surface area contributed by atoms with Crippen LogP contribution in [0.4, 0.5) is 4.79 Å². The molecule has 4 amide bonds. The van der Waals surface area contributed by atoms with Crippen molar-refractivity contribution < 1.29 is 14.4 Å². The fraction of sp³-hybridized carbons (Fsp3) is 0.526. The van der Waals surface area contributed by atoms with Crippen molar-refractivity contribution in [2.75, 3.05) is 0 Å². The number of amides is 4. The predicted molar refractivity (Wildman–Crippen MR) is 92.5 cm³/mol. The predicted octanol–water partition coefficient (Wildman–Crippen LogP) is 3.02. The number of benzene rings is 1. The summed E-state index contributed by atoms with van der Waals surface area (Å²) in [5, 5.41) is 2.30. The van der Waals surface area contributed by atoms with Crippen LogP contribution in [0.3, 0.4) is 0 Å². The van der Waals surface area contributed by atoms with E-state index >= 15 is 0 Å². The topological polar surface area (TPSA) is 66.5 Å². The second-order valence-corrected chi connectivity index (χ2v) is 8.34. The molecular weight excluding hydrogens is 304 g/mol. The fourth-order valence-corrected chi connectivity index (χ4v) is 2.81. The van der Waals surface area contributed by atoms with Gasteiger partial charge in [0.1, 0.15) is 5.92 Å². The first-order valence-electron chi connectivity index (χ1n) is 8.19. The van der Waals surface area contributed by atoms with Gasteiger partial charge in [0.25, 0.3) is 0 Å². The lowest BCUT2D eigenvalue weighted by atomic mass is 9.85. The Hall–Kier alpha value is -2.17. The number of imide groups is 2. The first kappa shape index (κ1) is 18.2. The second kappa shape index (κ2) is 6.04. The molecule has 0 radical (unpaired) electrons. The van der Waals surface area contributed by atoms with Crippen molar-refractivity contribution in [2.24, 2.45) is 5.92 Å². The highest BCUT2D eigenvalue weighted by atomic mass is 16.2. The normalized spacial score (nSPS) is 19.5. The third kappa shape index (κ3) is 3.66. The van der Waals surface area contributed by atoms with Crippen LogP contribution >= 0.6 is 0 Å². The van der Waals surface area contributed by atoms with Gasteiger partial charge in [-0.1, -0.05) is 45.0 Å². The molecule has 0 aromatic heterocycles. The average Bonchev–Trinajstić information content (AvgIpc) is 2.41. The van der Waals surface area contributed by atoms with E-state index in [9.17, 15) is 14.4 Å². The molecule has 1 heterocycles. The zero-order valence-electron chi connectivity index (χ0n) is 15.3. The summed E-state index contributed by atoms with van der Waals surface area (Å²) < 4.78 is 0. The molecule has 5 heteroatoms. The molecule has 1 N–H and O–H groups in total. The monoisotopic (exact) mass is 330 g/mol. The third-order valence-corrected chi connectivity index (χ3v) is 4.20. The minimum Gasteiger partial charge on any atom is -0.277 e. The zero-order valence-corrected chi connectivity index (χ0v) is 15.3. The molecule has 24 heavy (non-hydrogen) atoms. The van der Waals surface area contributed by atoms with Gasteiger partial charge in [-0.25, -0.2) is 4.79 Å². The summed E-state index contributed by atoms with van der Waals surface area (Å²) in [6, 6.07) is 7.29. The Labute approximate surface area is 143 Å². The standard InChI is InChI=1S/C19H26N2O3/c1-18(2,3)13-9-7-12(8-10-13)11-14-15(22)20-17(24)21(16(14)23)19(4,5)6/h7-10,14H,11H2,1-6H3,(H,20,22,24). The van der Waals surface area contributed by atoms with Crippen LogP contribution in [-0.4, -0.2) is 28.3 Å². The van der Waals surface area contributed by atoms with E-state index in [1.165, 1.54) is 5.56 Å². The lowest BCUT2D eigenvalue weighted by molar-refractivity contribution is -0.145. The SMILES string of the molecule is CC(C)(C)c1ccc(CC2C(=O)NC(=O)N(C(C)(C)C)C2=O)cc1. The van der Waals surface area contributed by atoms with Gasteiger partial charge in [-0.15, -0.1) is 0 Å². The molecule has 0 bridgehead atoms. The first-order chi connectivity index (χ1) is 10.9. The van der Waals surface area contributed by atoms with Gasteiger partial charge < -0.3 is 0 Å². The highest BCUT2D eigenvalue weighted by Gasteiger charge is 2.44. The van der Waals surface area contributed by atoms with Crippen LogP contribution in [0, 0.1) is 5.92 Å². The van der Waals surface area contributed by atoms with Crippen molar-refractivity contribution in [1.82, 2.24) is 10.2 Å². The Morgan fingerprint density at radius 3 is 1.96 bits per heavy atom. The number of hydrogen-bond acceptors (Lipinski definition) is 3. The quantitative estimate of drug-likeness (QED) is 0.848. The number of nitrogens with zero attached hydrogens (tertiary/aromatic N) is 1. The molecule has 0 saturated carbocycles. The van der Waals surface area contributed by atoms with Gasteiger partial charge in [-0.3, -0.25) is 19.8 Å². The summed E-state index contributed by atoms with van der Waals surface area (Å²) >= 11 is 0. The summed E-state index contributed by atoms with van der Waals surface area (Å²) in [4.78, 5) is 37.9. The number of carbonyl (C=O) groups is 3. The molecule has 2 rings (SSSR count). The first-order valence-corrected chi connectivity index (χ1v) is 8.19. The van der Waals surface area contributed by atoms with E-state index in [4.69, 9.17) is 0 Å². The molecular formula is C19H26N2O3. The summed E-state index contributed by atoms with van der Waals surface area (Å²) in [7, 11) is 0. The van der Waals surface area contributed by atoms with Gasteiger partial charge in [-0.05, 0) is 43.7 Å². The van der Waals surface area contributed by atoms with E-state index in [1.807, 2.05) is 24.3 Å². The van der Waals surface area contributed by atoms with Crippen molar-refractivity contribution >= 4 is 17.8 Å². The fourth-order valence-electron chi connectivity index (χ4n) is 2.81. The second-order valence-electron chi connectivity index (χ2n) is 8.34. The number of urea groups is 1.